The van der Waals surface area contributed by atoms with Crippen LogP contribution in [0.5, 0.6) is 0 Å². The quantitative estimate of drug-likeness (QED) is 0.195. The van der Waals surface area contributed by atoms with E-state index >= 15 is 0 Å². The van der Waals surface area contributed by atoms with Crippen LogP contribution in [0.3, 0.4) is 0 Å². The molecular weight excluding hydrogens is 578 g/mol. The molecule has 9 rings (SSSR count). The molecule has 0 aliphatic heterocycles. The van der Waals surface area contributed by atoms with Crippen molar-refractivity contribution < 1.29 is 4.42 Å². The first-order valence-electron chi connectivity index (χ1n) is 15.4. The molecule has 0 atom stereocenters. The van der Waals surface area contributed by atoms with E-state index in [-0.39, 0.29) is 0 Å². The third-order valence-electron chi connectivity index (χ3n) is 8.45. The molecule has 47 heavy (non-hydrogen) atoms. The summed E-state index contributed by atoms with van der Waals surface area (Å²) in [5, 5.41) is 2.04. The smallest absolute Gasteiger partial charge is 0.164 e. The van der Waals surface area contributed by atoms with Crippen LogP contribution in [-0.4, -0.2) is 24.9 Å². The second kappa shape index (κ2) is 11.1. The molecule has 4 heterocycles. The average molecular weight is 604 g/mol. The Bertz CT molecular complexity index is 2520. The van der Waals surface area contributed by atoms with Gasteiger partial charge in [0.05, 0.1) is 10.9 Å². The minimum atomic E-state index is 0.615. The second-order valence-corrected chi connectivity index (χ2v) is 11.3. The Balaban J connectivity index is 1.20. The molecule has 6 heteroatoms. The summed E-state index contributed by atoms with van der Waals surface area (Å²) in [5.74, 6) is 1.88. The molecule has 220 valence electrons. The summed E-state index contributed by atoms with van der Waals surface area (Å²) in [6.45, 7) is 0. The van der Waals surface area contributed by atoms with Crippen LogP contribution in [-0.2, 0) is 0 Å². The second-order valence-electron chi connectivity index (χ2n) is 11.3. The van der Waals surface area contributed by atoms with E-state index in [4.69, 9.17) is 24.4 Å². The van der Waals surface area contributed by atoms with Gasteiger partial charge in [-0.25, -0.2) is 15.0 Å². The molecule has 0 N–H and O–H groups in total. The van der Waals surface area contributed by atoms with Gasteiger partial charge >= 0.3 is 0 Å². The predicted octanol–water partition coefficient (Wildman–Crippen LogP) is 10.0. The van der Waals surface area contributed by atoms with Gasteiger partial charge in [-0.2, -0.15) is 0 Å². The summed E-state index contributed by atoms with van der Waals surface area (Å²) in [6.07, 6.45) is 3.68. The van der Waals surface area contributed by atoms with E-state index < -0.39 is 0 Å². The zero-order valence-electron chi connectivity index (χ0n) is 25.1. The molecule has 4 aromatic heterocycles. The number of pyridine rings is 2. The van der Waals surface area contributed by atoms with E-state index in [1.807, 2.05) is 91.1 Å². The van der Waals surface area contributed by atoms with Crippen LogP contribution in [0.1, 0.15) is 0 Å². The van der Waals surface area contributed by atoms with Gasteiger partial charge in [-0.05, 0) is 47.0 Å². The number of hydrogen-bond donors (Lipinski definition) is 0. The van der Waals surface area contributed by atoms with Gasteiger partial charge in [0.2, 0.25) is 0 Å². The molecule has 0 unspecified atom stereocenters. The average Bonchev–Trinajstić information content (AvgIpc) is 3.54. The molecule has 0 radical (unpaired) electrons. The minimum Gasteiger partial charge on any atom is -0.454 e. The summed E-state index contributed by atoms with van der Waals surface area (Å²) in [7, 11) is 0. The lowest BCUT2D eigenvalue weighted by atomic mass is 9.94. The van der Waals surface area contributed by atoms with Crippen molar-refractivity contribution in [3.8, 4) is 56.4 Å². The van der Waals surface area contributed by atoms with E-state index in [1.165, 1.54) is 0 Å². The largest absolute Gasteiger partial charge is 0.454 e. The number of hydrogen-bond acceptors (Lipinski definition) is 6. The topological polar surface area (TPSA) is 77.6 Å². The van der Waals surface area contributed by atoms with Gasteiger partial charge in [0.25, 0.3) is 0 Å². The van der Waals surface area contributed by atoms with Gasteiger partial charge in [-0.1, -0.05) is 109 Å². The summed E-state index contributed by atoms with van der Waals surface area (Å²) < 4.78 is 6.15. The maximum absolute atomic E-state index is 6.15. The lowest BCUT2D eigenvalue weighted by molar-refractivity contribution is 0.668. The Labute approximate surface area is 270 Å². The summed E-state index contributed by atoms with van der Waals surface area (Å²) in [4.78, 5) is 24.3. The van der Waals surface area contributed by atoms with E-state index in [9.17, 15) is 0 Å². The van der Waals surface area contributed by atoms with E-state index in [0.717, 1.165) is 71.9 Å². The normalized spacial score (nSPS) is 11.4. The Hall–Kier alpha value is -6.53. The van der Waals surface area contributed by atoms with E-state index in [0.29, 0.717) is 17.5 Å². The Morgan fingerprint density at radius 3 is 1.74 bits per heavy atom. The summed E-state index contributed by atoms with van der Waals surface area (Å²) in [6, 6.07) is 46.8. The Kier molecular flexibility index (Phi) is 6.35. The number of benzene rings is 5. The molecule has 0 fully saturated rings. The number of furan rings is 1. The van der Waals surface area contributed by atoms with Crippen molar-refractivity contribution in [3.63, 3.8) is 0 Å². The van der Waals surface area contributed by atoms with Crippen molar-refractivity contribution in [1.82, 2.24) is 24.9 Å². The number of para-hydroxylation sites is 1. The van der Waals surface area contributed by atoms with Crippen molar-refractivity contribution in [2.75, 3.05) is 0 Å². The number of rotatable bonds is 5. The van der Waals surface area contributed by atoms with Crippen molar-refractivity contribution in [2.45, 2.75) is 0 Å². The van der Waals surface area contributed by atoms with Crippen molar-refractivity contribution >= 4 is 33.0 Å². The highest BCUT2D eigenvalue weighted by molar-refractivity contribution is 6.14. The highest BCUT2D eigenvalue weighted by atomic mass is 16.3. The van der Waals surface area contributed by atoms with Gasteiger partial charge in [-0.3, -0.25) is 9.97 Å². The molecule has 0 aliphatic rings. The number of nitrogens with zero attached hydrogens (tertiary/aromatic N) is 5. The molecule has 0 spiro atoms. The molecule has 9 aromatic rings. The number of aromatic nitrogens is 5. The Morgan fingerprint density at radius 2 is 0.979 bits per heavy atom. The molecular formula is C41H25N5O. The van der Waals surface area contributed by atoms with Gasteiger partial charge in [0.1, 0.15) is 11.1 Å². The van der Waals surface area contributed by atoms with E-state index in [2.05, 4.69) is 59.6 Å². The van der Waals surface area contributed by atoms with Crippen LogP contribution in [0, 0.1) is 0 Å². The van der Waals surface area contributed by atoms with E-state index in [1.54, 1.807) is 6.20 Å². The van der Waals surface area contributed by atoms with Crippen molar-refractivity contribution in [2.24, 2.45) is 0 Å². The maximum atomic E-state index is 6.15. The van der Waals surface area contributed by atoms with Crippen LogP contribution in [0.25, 0.3) is 89.4 Å². The van der Waals surface area contributed by atoms with Crippen molar-refractivity contribution in [3.05, 3.63) is 152 Å². The molecule has 0 saturated heterocycles. The fourth-order valence-corrected chi connectivity index (χ4v) is 6.27. The lowest BCUT2D eigenvalue weighted by Gasteiger charge is -2.12. The third kappa shape index (κ3) is 4.71. The first kappa shape index (κ1) is 26.8. The zero-order chi connectivity index (χ0) is 31.2. The summed E-state index contributed by atoms with van der Waals surface area (Å²) in [5.41, 5.74) is 10.3. The van der Waals surface area contributed by atoms with Gasteiger partial charge < -0.3 is 4.42 Å². The summed E-state index contributed by atoms with van der Waals surface area (Å²) >= 11 is 0. The minimum absolute atomic E-state index is 0.615. The molecule has 0 amide bonds. The SMILES string of the molecule is c1ccc(-c2nc(-c3ccccc3)nc(-c3cccc(-c4ccnc5c(-c6cccc7oc8cccnc8c67)cccc45)c3)n2)cc1. The third-order valence-corrected chi connectivity index (χ3v) is 8.45. The zero-order valence-corrected chi connectivity index (χ0v) is 25.1. The molecule has 0 aliphatic carbocycles. The van der Waals surface area contributed by atoms with Crippen LogP contribution in [0.4, 0.5) is 0 Å². The fraction of sp³-hybridized carbons (Fsp3) is 0. The maximum Gasteiger partial charge on any atom is 0.164 e. The standard InChI is InChI=1S/C41H25N5O/c1-3-11-26(12-4-1)39-44-40(27-13-5-2-6-14-27)46-41(45-39)29-16-7-15-28(25-29)30-22-24-43-37-32(30)18-8-19-33(37)31-17-9-20-34-36(31)38-35(47-34)21-10-23-42-38/h1-25H. The van der Waals surface area contributed by atoms with Crippen LogP contribution in [0.2, 0.25) is 0 Å². The first-order valence-corrected chi connectivity index (χ1v) is 15.4. The molecule has 5 aromatic carbocycles. The highest BCUT2D eigenvalue weighted by Crippen LogP contribution is 2.40. The monoisotopic (exact) mass is 603 g/mol. The van der Waals surface area contributed by atoms with Crippen LogP contribution >= 0.6 is 0 Å². The van der Waals surface area contributed by atoms with Crippen LogP contribution in [0.15, 0.2) is 156 Å². The lowest BCUT2D eigenvalue weighted by Crippen LogP contribution is -2.00. The van der Waals surface area contributed by atoms with Gasteiger partial charge in [0, 0.05) is 40.0 Å². The van der Waals surface area contributed by atoms with Gasteiger partial charge in [0.15, 0.2) is 23.1 Å². The highest BCUT2D eigenvalue weighted by Gasteiger charge is 2.17. The molecule has 0 bridgehead atoms. The van der Waals surface area contributed by atoms with Gasteiger partial charge in [-0.15, -0.1) is 0 Å². The molecule has 0 saturated carbocycles. The first-order chi connectivity index (χ1) is 23.3. The van der Waals surface area contributed by atoms with Crippen molar-refractivity contribution in [1.29, 1.82) is 0 Å². The van der Waals surface area contributed by atoms with Crippen LogP contribution < -0.4 is 0 Å². The predicted molar refractivity (Wildman–Crippen MR) is 187 cm³/mol. The Morgan fingerprint density at radius 1 is 0.383 bits per heavy atom. The fourth-order valence-electron chi connectivity index (χ4n) is 6.27. The molecule has 6 nitrogen and oxygen atoms in total. The number of fused-ring (bicyclic) bond motifs is 4.